The summed E-state index contributed by atoms with van der Waals surface area (Å²) in [5, 5.41) is 5.52. The zero-order chi connectivity index (χ0) is 16.2. The Bertz CT molecular complexity index is 503. The molecule has 0 aliphatic heterocycles. The molecule has 1 aliphatic rings. The van der Waals surface area contributed by atoms with Crippen molar-refractivity contribution >= 4 is 11.7 Å². The van der Waals surface area contributed by atoms with E-state index in [-0.39, 0.29) is 17.8 Å². The predicted octanol–water partition coefficient (Wildman–Crippen LogP) is 4.29. The van der Waals surface area contributed by atoms with Crippen LogP contribution >= 0.6 is 0 Å². The topological polar surface area (TPSA) is 50.4 Å². The molecular weight excluding hydrogens is 297 g/mol. The van der Waals surface area contributed by atoms with Gasteiger partial charge in [0.15, 0.2) is 0 Å². The normalized spacial score (nSPS) is 22.0. The molecule has 1 aliphatic carbocycles. The number of benzene rings is 1. The molecule has 2 unspecified atom stereocenters. The van der Waals surface area contributed by atoms with Crippen molar-refractivity contribution in [3.05, 3.63) is 24.3 Å². The standard InChI is InChI=1S/C15H19F3N2O2/c1-10-4-2-3-5-13(10)20-14(21)19-11-6-8-12(9-7-11)22-15(16,17)18/h6-10,13H,2-5H2,1H3,(H2,19,20,21). The number of nitrogens with one attached hydrogen (secondary N) is 2. The van der Waals surface area contributed by atoms with Gasteiger partial charge in [0.25, 0.3) is 0 Å². The van der Waals surface area contributed by atoms with Crippen molar-refractivity contribution in [2.24, 2.45) is 5.92 Å². The van der Waals surface area contributed by atoms with Crippen LogP contribution < -0.4 is 15.4 Å². The highest BCUT2D eigenvalue weighted by molar-refractivity contribution is 5.89. The Kier molecular flexibility index (Phi) is 5.15. The van der Waals surface area contributed by atoms with Crippen molar-refractivity contribution in [1.29, 1.82) is 0 Å². The van der Waals surface area contributed by atoms with E-state index in [9.17, 15) is 18.0 Å². The van der Waals surface area contributed by atoms with Gasteiger partial charge < -0.3 is 15.4 Å². The van der Waals surface area contributed by atoms with Crippen LogP contribution in [0, 0.1) is 5.92 Å². The second kappa shape index (κ2) is 6.89. The van der Waals surface area contributed by atoms with E-state index >= 15 is 0 Å². The van der Waals surface area contributed by atoms with Crippen LogP contribution in [-0.4, -0.2) is 18.4 Å². The average Bonchev–Trinajstić information content (AvgIpc) is 2.42. The summed E-state index contributed by atoms with van der Waals surface area (Å²) in [5.41, 5.74) is 0.412. The monoisotopic (exact) mass is 316 g/mol. The number of amides is 2. The Morgan fingerprint density at radius 1 is 1.18 bits per heavy atom. The van der Waals surface area contributed by atoms with Gasteiger partial charge in [-0.05, 0) is 43.0 Å². The number of urea groups is 1. The molecule has 2 atom stereocenters. The Hall–Kier alpha value is -1.92. The molecule has 0 spiro atoms. The van der Waals surface area contributed by atoms with E-state index in [1.54, 1.807) is 0 Å². The first-order valence-corrected chi connectivity index (χ1v) is 7.27. The Morgan fingerprint density at radius 2 is 1.82 bits per heavy atom. The van der Waals surface area contributed by atoms with Crippen molar-refractivity contribution < 1.29 is 22.7 Å². The zero-order valence-electron chi connectivity index (χ0n) is 12.2. The lowest BCUT2D eigenvalue weighted by Crippen LogP contribution is -2.43. The summed E-state index contributed by atoms with van der Waals surface area (Å²) in [7, 11) is 0. The molecule has 7 heteroatoms. The van der Waals surface area contributed by atoms with Crippen LogP contribution in [0.15, 0.2) is 24.3 Å². The molecule has 0 saturated heterocycles. The molecule has 0 aromatic heterocycles. The summed E-state index contributed by atoms with van der Waals surface area (Å²) in [5.74, 6) is 0.112. The van der Waals surface area contributed by atoms with E-state index in [1.807, 2.05) is 0 Å². The number of alkyl halides is 3. The number of carbonyl (C=O) groups is 1. The highest BCUT2D eigenvalue weighted by Gasteiger charge is 2.31. The van der Waals surface area contributed by atoms with Crippen LogP contribution in [0.3, 0.4) is 0 Å². The third-order valence-corrected chi connectivity index (χ3v) is 3.77. The lowest BCUT2D eigenvalue weighted by Gasteiger charge is -2.29. The minimum atomic E-state index is -4.72. The number of halogens is 3. The third-order valence-electron chi connectivity index (χ3n) is 3.77. The molecule has 0 heterocycles. The Morgan fingerprint density at radius 3 is 2.41 bits per heavy atom. The number of rotatable bonds is 3. The molecule has 0 radical (unpaired) electrons. The summed E-state index contributed by atoms with van der Waals surface area (Å²) >= 11 is 0. The Labute approximate surface area is 127 Å². The summed E-state index contributed by atoms with van der Waals surface area (Å²) in [4.78, 5) is 11.9. The van der Waals surface area contributed by atoms with Crippen LogP contribution in [0.5, 0.6) is 5.75 Å². The van der Waals surface area contributed by atoms with E-state index in [2.05, 4.69) is 22.3 Å². The molecule has 2 N–H and O–H groups in total. The minimum absolute atomic E-state index is 0.140. The largest absolute Gasteiger partial charge is 0.573 e. The molecule has 1 fully saturated rings. The van der Waals surface area contributed by atoms with Crippen molar-refractivity contribution in [2.75, 3.05) is 5.32 Å². The molecule has 2 rings (SSSR count). The zero-order valence-corrected chi connectivity index (χ0v) is 12.2. The van der Waals surface area contributed by atoms with E-state index < -0.39 is 6.36 Å². The molecule has 1 aromatic carbocycles. The smallest absolute Gasteiger partial charge is 0.406 e. The van der Waals surface area contributed by atoms with Crippen molar-refractivity contribution in [3.63, 3.8) is 0 Å². The number of hydrogen-bond donors (Lipinski definition) is 2. The molecule has 22 heavy (non-hydrogen) atoms. The van der Waals surface area contributed by atoms with Crippen LogP contribution in [0.1, 0.15) is 32.6 Å². The second-order valence-corrected chi connectivity index (χ2v) is 5.54. The molecule has 0 bridgehead atoms. The summed E-state index contributed by atoms with van der Waals surface area (Å²) < 4.78 is 39.9. The predicted molar refractivity (Wildman–Crippen MR) is 76.7 cm³/mol. The number of carbonyl (C=O) groups excluding carboxylic acids is 1. The first-order chi connectivity index (χ1) is 10.3. The fraction of sp³-hybridized carbons (Fsp3) is 0.533. The maximum absolute atomic E-state index is 12.0. The fourth-order valence-corrected chi connectivity index (χ4v) is 2.61. The van der Waals surface area contributed by atoms with Gasteiger partial charge in [0.1, 0.15) is 5.75 Å². The summed E-state index contributed by atoms with van der Waals surface area (Å²) in [6, 6.07) is 4.85. The highest BCUT2D eigenvalue weighted by atomic mass is 19.4. The second-order valence-electron chi connectivity index (χ2n) is 5.54. The van der Waals surface area contributed by atoms with Gasteiger partial charge in [0.05, 0.1) is 0 Å². The van der Waals surface area contributed by atoms with Gasteiger partial charge in [0.2, 0.25) is 0 Å². The molecular formula is C15H19F3N2O2. The van der Waals surface area contributed by atoms with E-state index in [0.29, 0.717) is 11.6 Å². The van der Waals surface area contributed by atoms with Crippen molar-refractivity contribution in [2.45, 2.75) is 45.0 Å². The minimum Gasteiger partial charge on any atom is -0.406 e. The van der Waals surface area contributed by atoms with Crippen LogP contribution in [0.25, 0.3) is 0 Å². The van der Waals surface area contributed by atoms with Gasteiger partial charge >= 0.3 is 12.4 Å². The molecule has 4 nitrogen and oxygen atoms in total. The fourth-order valence-electron chi connectivity index (χ4n) is 2.61. The summed E-state index contributed by atoms with van der Waals surface area (Å²) in [6.07, 6.45) is -0.398. The first kappa shape index (κ1) is 16.5. The number of ether oxygens (including phenoxy) is 1. The SMILES string of the molecule is CC1CCCCC1NC(=O)Nc1ccc(OC(F)(F)F)cc1. The lowest BCUT2D eigenvalue weighted by molar-refractivity contribution is -0.274. The molecule has 2 amide bonds. The van der Waals surface area contributed by atoms with Gasteiger partial charge in [-0.1, -0.05) is 19.8 Å². The van der Waals surface area contributed by atoms with Crippen molar-refractivity contribution in [1.82, 2.24) is 5.32 Å². The van der Waals surface area contributed by atoms with Crippen molar-refractivity contribution in [3.8, 4) is 5.75 Å². The van der Waals surface area contributed by atoms with Crippen LogP contribution in [-0.2, 0) is 0 Å². The molecule has 1 saturated carbocycles. The maximum atomic E-state index is 12.0. The van der Waals surface area contributed by atoms with Gasteiger partial charge in [-0.15, -0.1) is 13.2 Å². The first-order valence-electron chi connectivity index (χ1n) is 7.27. The summed E-state index contributed by atoms with van der Waals surface area (Å²) in [6.45, 7) is 2.10. The number of anilines is 1. The molecule has 122 valence electrons. The third kappa shape index (κ3) is 5.13. The van der Waals surface area contributed by atoms with Gasteiger partial charge in [-0.3, -0.25) is 0 Å². The van der Waals surface area contributed by atoms with E-state index in [4.69, 9.17) is 0 Å². The van der Waals surface area contributed by atoms with Gasteiger partial charge in [-0.2, -0.15) is 0 Å². The maximum Gasteiger partial charge on any atom is 0.573 e. The molecule has 1 aromatic rings. The lowest BCUT2D eigenvalue weighted by atomic mass is 9.86. The quantitative estimate of drug-likeness (QED) is 0.874. The van der Waals surface area contributed by atoms with Gasteiger partial charge in [0, 0.05) is 11.7 Å². The van der Waals surface area contributed by atoms with Gasteiger partial charge in [-0.25, -0.2) is 4.79 Å². The number of hydrogen-bond acceptors (Lipinski definition) is 2. The van der Waals surface area contributed by atoms with Crippen LogP contribution in [0.4, 0.5) is 23.7 Å². The average molecular weight is 316 g/mol. The van der Waals surface area contributed by atoms with Crippen LogP contribution in [0.2, 0.25) is 0 Å². The van der Waals surface area contributed by atoms with E-state index in [0.717, 1.165) is 31.4 Å². The van der Waals surface area contributed by atoms with E-state index in [1.165, 1.54) is 18.6 Å². The highest BCUT2D eigenvalue weighted by Crippen LogP contribution is 2.25. The Balaban J connectivity index is 1.86.